The van der Waals surface area contributed by atoms with E-state index in [4.69, 9.17) is 5.73 Å². The highest BCUT2D eigenvalue weighted by atomic mass is 32.2. The van der Waals surface area contributed by atoms with Crippen molar-refractivity contribution in [3.8, 4) is 0 Å². The maximum absolute atomic E-state index is 12.7. The van der Waals surface area contributed by atoms with Crippen molar-refractivity contribution in [3.63, 3.8) is 0 Å². The molecule has 1 saturated heterocycles. The van der Waals surface area contributed by atoms with Gasteiger partial charge in [0.1, 0.15) is 0 Å². The number of nitrogens with two attached hydrogens (primary N) is 1. The zero-order valence-corrected chi connectivity index (χ0v) is 14.6. The van der Waals surface area contributed by atoms with Gasteiger partial charge in [0.25, 0.3) is 5.91 Å². The summed E-state index contributed by atoms with van der Waals surface area (Å²) in [5.41, 5.74) is 6.34. The normalized spacial score (nSPS) is 20.5. The predicted octanol–water partition coefficient (Wildman–Crippen LogP) is 1.33. The van der Waals surface area contributed by atoms with Gasteiger partial charge in [0, 0.05) is 31.2 Å². The van der Waals surface area contributed by atoms with Gasteiger partial charge in [-0.3, -0.25) is 4.79 Å². The Morgan fingerprint density at radius 1 is 1.25 bits per heavy atom. The van der Waals surface area contributed by atoms with Gasteiger partial charge in [-0.1, -0.05) is 12.5 Å². The van der Waals surface area contributed by atoms with Crippen molar-refractivity contribution in [2.75, 3.05) is 19.6 Å². The van der Waals surface area contributed by atoms with E-state index in [0.717, 1.165) is 32.1 Å². The van der Waals surface area contributed by atoms with E-state index < -0.39 is 10.0 Å². The summed E-state index contributed by atoms with van der Waals surface area (Å²) in [6.45, 7) is 1.52. The molecule has 0 aromatic heterocycles. The molecule has 1 amide bonds. The first-order valence-electron chi connectivity index (χ1n) is 8.62. The fraction of sp³-hybridized carbons (Fsp3) is 0.588. The Bertz CT molecular complexity index is 695. The summed E-state index contributed by atoms with van der Waals surface area (Å²) in [7, 11) is -3.52. The highest BCUT2D eigenvalue weighted by Gasteiger charge is 2.29. The van der Waals surface area contributed by atoms with Crippen LogP contribution in [0.5, 0.6) is 0 Å². The van der Waals surface area contributed by atoms with Gasteiger partial charge in [-0.25, -0.2) is 8.42 Å². The summed E-state index contributed by atoms with van der Waals surface area (Å²) >= 11 is 0. The average molecular weight is 351 g/mol. The van der Waals surface area contributed by atoms with Gasteiger partial charge in [-0.15, -0.1) is 0 Å². The van der Waals surface area contributed by atoms with Crippen LogP contribution in [0.2, 0.25) is 0 Å². The second kappa shape index (κ2) is 7.21. The molecule has 1 unspecified atom stereocenters. The van der Waals surface area contributed by atoms with Crippen molar-refractivity contribution in [3.05, 3.63) is 29.8 Å². The molecular weight excluding hydrogens is 326 g/mol. The summed E-state index contributed by atoms with van der Waals surface area (Å²) < 4.78 is 26.9. The molecule has 1 aromatic rings. The quantitative estimate of drug-likeness (QED) is 0.809. The fourth-order valence-corrected chi connectivity index (χ4v) is 4.62. The first-order valence-corrected chi connectivity index (χ1v) is 10.1. The molecule has 3 rings (SSSR count). The van der Waals surface area contributed by atoms with E-state index in [1.807, 2.05) is 0 Å². The van der Waals surface area contributed by atoms with Crippen LogP contribution in [0.15, 0.2) is 29.2 Å². The molecule has 1 heterocycles. The van der Waals surface area contributed by atoms with E-state index in [-0.39, 0.29) is 16.8 Å². The van der Waals surface area contributed by atoms with Crippen LogP contribution in [0.3, 0.4) is 0 Å². The molecule has 1 aliphatic heterocycles. The lowest BCUT2D eigenvalue weighted by atomic mass is 10.2. The van der Waals surface area contributed by atoms with E-state index in [1.165, 1.54) is 10.4 Å². The van der Waals surface area contributed by atoms with E-state index >= 15 is 0 Å². The van der Waals surface area contributed by atoms with Crippen molar-refractivity contribution in [1.82, 2.24) is 9.62 Å². The molecule has 24 heavy (non-hydrogen) atoms. The van der Waals surface area contributed by atoms with Crippen LogP contribution in [-0.4, -0.2) is 44.3 Å². The minimum Gasteiger partial charge on any atom is -0.350 e. The lowest BCUT2D eigenvalue weighted by Crippen LogP contribution is -2.38. The largest absolute Gasteiger partial charge is 0.350 e. The fourth-order valence-electron chi connectivity index (χ4n) is 3.06. The van der Waals surface area contributed by atoms with E-state index in [9.17, 15) is 13.2 Å². The zero-order valence-electron chi connectivity index (χ0n) is 13.8. The Morgan fingerprint density at radius 2 is 1.96 bits per heavy atom. The molecule has 2 aliphatic rings. The van der Waals surface area contributed by atoms with Crippen LogP contribution in [0.1, 0.15) is 42.5 Å². The van der Waals surface area contributed by atoms with Crippen molar-refractivity contribution in [2.24, 2.45) is 11.7 Å². The van der Waals surface area contributed by atoms with Crippen molar-refractivity contribution >= 4 is 15.9 Å². The number of carbonyl (C=O) groups excluding carboxylic acids is 1. The number of nitrogens with zero attached hydrogens (tertiary/aromatic N) is 1. The van der Waals surface area contributed by atoms with Crippen molar-refractivity contribution < 1.29 is 13.2 Å². The van der Waals surface area contributed by atoms with Crippen molar-refractivity contribution in [1.29, 1.82) is 0 Å². The number of nitrogens with one attached hydrogen (secondary N) is 1. The van der Waals surface area contributed by atoms with Crippen LogP contribution < -0.4 is 11.1 Å². The lowest BCUT2D eigenvalue weighted by Gasteiger charge is -2.26. The van der Waals surface area contributed by atoms with Gasteiger partial charge in [0.15, 0.2) is 0 Å². The van der Waals surface area contributed by atoms with Crippen LogP contribution in [0, 0.1) is 5.92 Å². The molecule has 1 aliphatic carbocycles. The summed E-state index contributed by atoms with van der Waals surface area (Å²) in [6, 6.07) is 6.24. The number of carbonyl (C=O) groups is 1. The standard InChI is InChI=1S/C17H25N3O3S/c18-16(13-7-8-13)12-19-17(21)14-5-4-6-15(11-14)24(22,23)20-9-2-1-3-10-20/h4-6,11,13,16H,1-3,7-10,12,18H2,(H,19,21). The summed E-state index contributed by atoms with van der Waals surface area (Å²) in [5.74, 6) is 0.234. The third kappa shape index (κ3) is 3.96. The van der Waals surface area contributed by atoms with E-state index in [0.29, 0.717) is 31.1 Å². The van der Waals surface area contributed by atoms with Crippen LogP contribution in [0.4, 0.5) is 0 Å². The number of hydrogen-bond acceptors (Lipinski definition) is 4. The van der Waals surface area contributed by atoms with E-state index in [1.54, 1.807) is 18.2 Å². The third-order valence-corrected chi connectivity index (χ3v) is 6.67. The lowest BCUT2D eigenvalue weighted by molar-refractivity contribution is 0.0950. The SMILES string of the molecule is NC(CNC(=O)c1cccc(S(=O)(=O)N2CCCCC2)c1)C1CC1. The highest BCUT2D eigenvalue weighted by molar-refractivity contribution is 7.89. The summed E-state index contributed by atoms with van der Waals surface area (Å²) in [4.78, 5) is 12.5. The summed E-state index contributed by atoms with van der Waals surface area (Å²) in [6.07, 6.45) is 5.09. The molecule has 1 atom stereocenters. The van der Waals surface area contributed by atoms with Crippen LogP contribution in [0.25, 0.3) is 0 Å². The smallest absolute Gasteiger partial charge is 0.251 e. The Morgan fingerprint density at radius 3 is 2.62 bits per heavy atom. The van der Waals surface area contributed by atoms with Crippen LogP contribution >= 0.6 is 0 Å². The van der Waals surface area contributed by atoms with Gasteiger partial charge >= 0.3 is 0 Å². The monoisotopic (exact) mass is 351 g/mol. The molecule has 7 heteroatoms. The number of amides is 1. The molecule has 132 valence electrons. The topological polar surface area (TPSA) is 92.5 Å². The number of benzene rings is 1. The van der Waals surface area contributed by atoms with Crippen LogP contribution in [-0.2, 0) is 10.0 Å². The van der Waals surface area contributed by atoms with E-state index in [2.05, 4.69) is 5.32 Å². The molecule has 1 saturated carbocycles. The van der Waals surface area contributed by atoms with Gasteiger partial charge in [-0.05, 0) is 49.8 Å². The molecule has 1 aromatic carbocycles. The Labute approximate surface area is 143 Å². The van der Waals surface area contributed by atoms with Gasteiger partial charge in [0.2, 0.25) is 10.0 Å². The maximum Gasteiger partial charge on any atom is 0.251 e. The molecule has 0 spiro atoms. The molecule has 0 radical (unpaired) electrons. The van der Waals surface area contributed by atoms with Gasteiger partial charge in [0.05, 0.1) is 4.90 Å². The molecule has 0 bridgehead atoms. The molecule has 6 nitrogen and oxygen atoms in total. The third-order valence-electron chi connectivity index (χ3n) is 4.77. The molecule has 3 N–H and O–H groups in total. The maximum atomic E-state index is 12.7. The molecular formula is C17H25N3O3S. The van der Waals surface area contributed by atoms with Gasteiger partial charge in [-0.2, -0.15) is 4.31 Å². The minimum absolute atomic E-state index is 0.0192. The molecule has 2 fully saturated rings. The second-order valence-corrected chi connectivity index (χ2v) is 8.64. The Kier molecular flexibility index (Phi) is 5.22. The highest BCUT2D eigenvalue weighted by Crippen LogP contribution is 2.31. The van der Waals surface area contributed by atoms with Gasteiger partial charge < -0.3 is 11.1 Å². The number of hydrogen-bond donors (Lipinski definition) is 2. The predicted molar refractivity (Wildman–Crippen MR) is 92.1 cm³/mol. The summed E-state index contributed by atoms with van der Waals surface area (Å²) in [5, 5.41) is 2.81. The Balaban J connectivity index is 1.69. The second-order valence-electron chi connectivity index (χ2n) is 6.70. The number of rotatable bonds is 6. The average Bonchev–Trinajstić information content (AvgIpc) is 3.45. The van der Waals surface area contributed by atoms with Crippen molar-refractivity contribution in [2.45, 2.75) is 43.0 Å². The first-order chi connectivity index (χ1) is 11.5. The number of piperidine rings is 1. The number of sulfonamides is 1. The Hall–Kier alpha value is -1.44. The zero-order chi connectivity index (χ0) is 17.2. The minimum atomic E-state index is -3.52. The first kappa shape index (κ1) is 17.4.